The predicted octanol–water partition coefficient (Wildman–Crippen LogP) is 2.92. The Bertz CT molecular complexity index is 1280. The highest BCUT2D eigenvalue weighted by molar-refractivity contribution is 5.94. The largest absolute Gasteiger partial charge is 0.488 e. The summed E-state index contributed by atoms with van der Waals surface area (Å²) in [4.78, 5) is 55.2. The predicted molar refractivity (Wildman–Crippen MR) is 162 cm³/mol. The number of carbonyl (C=O) groups is 4. The van der Waals surface area contributed by atoms with Crippen molar-refractivity contribution in [2.24, 2.45) is 5.73 Å². The van der Waals surface area contributed by atoms with E-state index in [9.17, 15) is 24.3 Å². The Labute approximate surface area is 253 Å². The number of nitrogens with one attached hydrogen (secondary N) is 1. The first-order valence-corrected chi connectivity index (χ1v) is 15.1. The van der Waals surface area contributed by atoms with Crippen molar-refractivity contribution >= 4 is 23.7 Å². The van der Waals surface area contributed by atoms with Crippen LogP contribution in [0, 0.1) is 0 Å². The van der Waals surface area contributed by atoms with E-state index in [1.54, 1.807) is 9.80 Å². The van der Waals surface area contributed by atoms with Crippen LogP contribution in [0.15, 0.2) is 54.6 Å². The summed E-state index contributed by atoms with van der Waals surface area (Å²) in [5.41, 5.74) is 7.85. The van der Waals surface area contributed by atoms with Gasteiger partial charge in [0.1, 0.15) is 23.4 Å². The van der Waals surface area contributed by atoms with Crippen LogP contribution in [-0.4, -0.2) is 81.5 Å². The van der Waals surface area contributed by atoms with E-state index in [1.807, 2.05) is 75.4 Å². The molecule has 2 heterocycles. The summed E-state index contributed by atoms with van der Waals surface area (Å²) in [7, 11) is 0. The lowest BCUT2D eigenvalue weighted by atomic mass is 10.0. The topological polar surface area (TPSA) is 142 Å². The zero-order valence-electron chi connectivity index (χ0n) is 25.3. The average Bonchev–Trinajstić information content (AvgIpc) is 3.63. The second-order valence-electron chi connectivity index (χ2n) is 12.5. The summed E-state index contributed by atoms with van der Waals surface area (Å²) in [5.74, 6) is -1.17. The number of carboxylic acids is 1. The Morgan fingerprint density at radius 3 is 2.14 bits per heavy atom. The molecule has 0 aliphatic carbocycles. The zero-order chi connectivity index (χ0) is 31.1. The quantitative estimate of drug-likeness (QED) is 0.364. The smallest absolute Gasteiger partial charge is 0.305 e. The number of rotatable bonds is 11. The lowest BCUT2D eigenvalue weighted by molar-refractivity contribution is -0.147. The molecule has 2 aliphatic rings. The minimum absolute atomic E-state index is 0.226. The van der Waals surface area contributed by atoms with Crippen molar-refractivity contribution in [3.05, 3.63) is 65.7 Å². The summed E-state index contributed by atoms with van der Waals surface area (Å²) in [6.45, 7) is 6.77. The van der Waals surface area contributed by atoms with Gasteiger partial charge in [-0.15, -0.1) is 0 Å². The molecule has 1 unspecified atom stereocenters. The van der Waals surface area contributed by atoms with E-state index < -0.39 is 30.1 Å². The van der Waals surface area contributed by atoms with Gasteiger partial charge in [-0.2, -0.15) is 0 Å². The molecule has 10 nitrogen and oxygen atoms in total. The first-order valence-electron chi connectivity index (χ1n) is 15.1. The van der Waals surface area contributed by atoms with E-state index in [2.05, 4.69) is 5.32 Å². The number of amides is 3. The highest BCUT2D eigenvalue weighted by atomic mass is 16.5. The van der Waals surface area contributed by atoms with Gasteiger partial charge < -0.3 is 30.7 Å². The van der Waals surface area contributed by atoms with E-state index in [4.69, 9.17) is 10.5 Å². The van der Waals surface area contributed by atoms with Crippen LogP contribution in [0.1, 0.15) is 64.0 Å². The number of carboxylic acid groups (broad SMARTS) is 1. The van der Waals surface area contributed by atoms with Gasteiger partial charge in [-0.25, -0.2) is 0 Å². The molecule has 0 spiro atoms. The van der Waals surface area contributed by atoms with E-state index in [-0.39, 0.29) is 29.7 Å². The van der Waals surface area contributed by atoms with Crippen LogP contribution in [0.4, 0.5) is 0 Å². The van der Waals surface area contributed by atoms with Crippen molar-refractivity contribution in [1.29, 1.82) is 0 Å². The summed E-state index contributed by atoms with van der Waals surface area (Å²) in [5, 5.41) is 12.3. The molecule has 2 fully saturated rings. The van der Waals surface area contributed by atoms with Crippen LogP contribution in [0.25, 0.3) is 0 Å². The minimum Gasteiger partial charge on any atom is -0.488 e. The normalized spacial score (nSPS) is 20.0. The molecular formula is C33H44N4O6. The lowest BCUT2D eigenvalue weighted by Crippen LogP contribution is -2.56. The number of benzene rings is 2. The Morgan fingerprint density at radius 1 is 0.907 bits per heavy atom. The molecule has 3 amide bonds. The van der Waals surface area contributed by atoms with Crippen molar-refractivity contribution < 1.29 is 29.0 Å². The van der Waals surface area contributed by atoms with Crippen LogP contribution < -0.4 is 15.8 Å². The maximum Gasteiger partial charge on any atom is 0.305 e. The number of hydrogen-bond donors (Lipinski definition) is 3. The molecule has 4 atom stereocenters. The SMILES string of the molecule is CC(C)(C)Oc1ccc(C[C@H](N)C(=O)N2CCC[C@H]2C(=O)N2CCC[C@H]2C(=O)NC(CC(=O)O)Cc2ccccc2)cc1. The van der Waals surface area contributed by atoms with E-state index in [0.29, 0.717) is 51.6 Å². The molecule has 0 bridgehead atoms. The van der Waals surface area contributed by atoms with Crippen molar-refractivity contribution in [3.8, 4) is 5.75 Å². The third-order valence-electron chi connectivity index (χ3n) is 7.87. The lowest BCUT2D eigenvalue weighted by Gasteiger charge is -2.32. The van der Waals surface area contributed by atoms with Crippen LogP contribution in [-0.2, 0) is 32.0 Å². The van der Waals surface area contributed by atoms with Crippen LogP contribution >= 0.6 is 0 Å². The standard InChI is InChI=1S/C33H44N4O6/c1-33(2,3)43-25-15-13-23(14-16-25)20-26(34)31(41)37-18-8-12-28(37)32(42)36-17-7-11-27(36)30(40)35-24(21-29(38)39)19-22-9-5-4-6-10-22/h4-6,9-10,13-16,24,26-28H,7-8,11-12,17-21,34H2,1-3H3,(H,35,40)(H,38,39)/t24?,26-,27-,28-/m0/s1. The summed E-state index contributed by atoms with van der Waals surface area (Å²) in [6.07, 6.45) is 2.80. The van der Waals surface area contributed by atoms with E-state index in [0.717, 1.165) is 16.9 Å². The molecule has 2 aromatic rings. The Morgan fingerprint density at radius 2 is 1.51 bits per heavy atom. The number of ether oxygens (including phenoxy) is 1. The first kappa shape index (κ1) is 32.0. The van der Waals surface area contributed by atoms with Gasteiger partial charge in [-0.1, -0.05) is 42.5 Å². The summed E-state index contributed by atoms with van der Waals surface area (Å²) in [6, 6.07) is 14.1. The van der Waals surface area contributed by atoms with Gasteiger partial charge in [0, 0.05) is 19.1 Å². The van der Waals surface area contributed by atoms with Crippen molar-refractivity contribution in [1.82, 2.24) is 15.1 Å². The molecule has 10 heteroatoms. The monoisotopic (exact) mass is 592 g/mol. The minimum atomic E-state index is -1.01. The maximum atomic E-state index is 13.8. The third-order valence-corrected chi connectivity index (χ3v) is 7.87. The third kappa shape index (κ3) is 8.79. The van der Waals surface area contributed by atoms with E-state index in [1.165, 1.54) is 0 Å². The number of nitrogens with two attached hydrogens (primary N) is 1. The van der Waals surface area contributed by atoms with E-state index >= 15 is 0 Å². The molecule has 4 rings (SSSR count). The number of carbonyl (C=O) groups excluding carboxylic acids is 3. The second kappa shape index (κ2) is 14.0. The summed E-state index contributed by atoms with van der Waals surface area (Å²) < 4.78 is 5.87. The molecule has 43 heavy (non-hydrogen) atoms. The van der Waals surface area contributed by atoms with Gasteiger partial charge in [0.25, 0.3) is 0 Å². The molecule has 2 saturated heterocycles. The maximum absolute atomic E-state index is 13.8. The molecule has 0 aromatic heterocycles. The fraction of sp³-hybridized carbons (Fsp3) is 0.515. The van der Waals surface area contributed by atoms with Crippen LogP contribution in [0.2, 0.25) is 0 Å². The van der Waals surface area contributed by atoms with Crippen molar-refractivity contribution in [2.45, 2.75) is 95.5 Å². The van der Waals surface area contributed by atoms with Gasteiger partial charge >= 0.3 is 5.97 Å². The summed E-state index contributed by atoms with van der Waals surface area (Å²) >= 11 is 0. The molecule has 0 radical (unpaired) electrons. The Balaban J connectivity index is 1.38. The molecule has 0 saturated carbocycles. The molecule has 4 N–H and O–H groups in total. The number of hydrogen-bond acceptors (Lipinski definition) is 6. The average molecular weight is 593 g/mol. The van der Waals surface area contributed by atoms with Gasteiger partial charge in [-0.05, 0) is 82.6 Å². The van der Waals surface area contributed by atoms with Crippen molar-refractivity contribution in [2.75, 3.05) is 13.1 Å². The first-order chi connectivity index (χ1) is 20.4. The van der Waals surface area contributed by atoms with Crippen LogP contribution in [0.5, 0.6) is 5.75 Å². The second-order valence-corrected chi connectivity index (χ2v) is 12.5. The zero-order valence-corrected chi connectivity index (χ0v) is 25.3. The van der Waals surface area contributed by atoms with Gasteiger partial charge in [0.05, 0.1) is 12.5 Å². The van der Waals surface area contributed by atoms with Crippen LogP contribution in [0.3, 0.4) is 0 Å². The van der Waals surface area contributed by atoms with Gasteiger partial charge in [0.2, 0.25) is 17.7 Å². The Hall–Kier alpha value is -3.92. The highest BCUT2D eigenvalue weighted by Crippen LogP contribution is 2.26. The van der Waals surface area contributed by atoms with Crippen molar-refractivity contribution in [3.63, 3.8) is 0 Å². The molecule has 232 valence electrons. The number of likely N-dealkylation sites (tertiary alicyclic amines) is 2. The fourth-order valence-corrected chi connectivity index (χ4v) is 5.96. The molecule has 2 aromatic carbocycles. The molecular weight excluding hydrogens is 548 g/mol. The molecule has 2 aliphatic heterocycles. The fourth-order valence-electron chi connectivity index (χ4n) is 5.96. The highest BCUT2D eigenvalue weighted by Gasteiger charge is 2.43. The van der Waals surface area contributed by atoms with Gasteiger partial charge in [-0.3, -0.25) is 19.2 Å². The Kier molecular flexibility index (Phi) is 10.4. The van der Waals surface area contributed by atoms with Gasteiger partial charge in [0.15, 0.2) is 0 Å². The number of nitrogens with zero attached hydrogens (tertiary/aromatic N) is 2. The number of aliphatic carboxylic acids is 1.